The second kappa shape index (κ2) is 6.05. The minimum absolute atomic E-state index is 0.180. The van der Waals surface area contributed by atoms with E-state index in [1.54, 1.807) is 19.1 Å². The third kappa shape index (κ3) is 3.48. The maximum atomic E-state index is 13.1. The van der Waals surface area contributed by atoms with Crippen molar-refractivity contribution in [3.05, 3.63) is 59.9 Å². The first kappa shape index (κ1) is 12.4. The highest BCUT2D eigenvalue weighted by atomic mass is 19.1. The Morgan fingerprint density at radius 2 is 1.89 bits per heavy atom. The van der Waals surface area contributed by atoms with E-state index in [-0.39, 0.29) is 5.82 Å². The molecule has 3 heteroatoms. The number of hydrogen-bond acceptors (Lipinski definition) is 2. The molecule has 0 aliphatic heterocycles. The molecule has 0 spiro atoms. The maximum Gasteiger partial charge on any atom is 0.126 e. The lowest BCUT2D eigenvalue weighted by Crippen LogP contribution is -2.11. The minimum Gasteiger partial charge on any atom is -0.492 e. The van der Waals surface area contributed by atoms with Gasteiger partial charge < -0.3 is 10.1 Å². The van der Waals surface area contributed by atoms with Gasteiger partial charge in [-0.25, -0.2) is 4.39 Å². The van der Waals surface area contributed by atoms with Crippen LogP contribution in [0.4, 0.5) is 10.1 Å². The van der Waals surface area contributed by atoms with Crippen molar-refractivity contribution in [2.24, 2.45) is 0 Å². The van der Waals surface area contributed by atoms with Crippen LogP contribution in [0, 0.1) is 12.7 Å². The number of ether oxygens (including phenoxy) is 1. The maximum absolute atomic E-state index is 13.1. The van der Waals surface area contributed by atoms with Crippen LogP contribution in [0.5, 0.6) is 5.75 Å². The molecule has 0 aliphatic carbocycles. The lowest BCUT2D eigenvalue weighted by Gasteiger charge is -2.09. The van der Waals surface area contributed by atoms with Gasteiger partial charge in [0.25, 0.3) is 0 Å². The van der Waals surface area contributed by atoms with Gasteiger partial charge in [0, 0.05) is 12.2 Å². The van der Waals surface area contributed by atoms with E-state index in [1.807, 2.05) is 30.3 Å². The SMILES string of the molecule is Cc1cc(NCCOc2ccccc2)ccc1F. The van der Waals surface area contributed by atoms with E-state index >= 15 is 0 Å². The Hall–Kier alpha value is -2.03. The van der Waals surface area contributed by atoms with Gasteiger partial charge in [-0.3, -0.25) is 0 Å². The highest BCUT2D eigenvalue weighted by Gasteiger charge is 1.98. The molecule has 0 aromatic heterocycles. The topological polar surface area (TPSA) is 21.3 Å². The van der Waals surface area contributed by atoms with E-state index in [1.165, 1.54) is 6.07 Å². The van der Waals surface area contributed by atoms with Crippen LogP contribution in [0.1, 0.15) is 5.56 Å². The van der Waals surface area contributed by atoms with Crippen molar-refractivity contribution >= 4 is 5.69 Å². The highest BCUT2D eigenvalue weighted by Crippen LogP contribution is 2.13. The van der Waals surface area contributed by atoms with E-state index in [0.717, 1.165) is 11.4 Å². The van der Waals surface area contributed by atoms with Gasteiger partial charge in [0.2, 0.25) is 0 Å². The molecule has 2 rings (SSSR count). The van der Waals surface area contributed by atoms with Crippen molar-refractivity contribution in [3.63, 3.8) is 0 Å². The summed E-state index contributed by atoms with van der Waals surface area (Å²) in [6.45, 7) is 3.00. The molecule has 0 aliphatic rings. The van der Waals surface area contributed by atoms with Crippen LogP contribution in [0.3, 0.4) is 0 Å². The van der Waals surface area contributed by atoms with Gasteiger partial charge in [0.15, 0.2) is 0 Å². The largest absolute Gasteiger partial charge is 0.492 e. The number of para-hydroxylation sites is 1. The molecule has 0 atom stereocenters. The summed E-state index contributed by atoms with van der Waals surface area (Å²) in [5.74, 6) is 0.677. The van der Waals surface area contributed by atoms with Crippen molar-refractivity contribution in [2.45, 2.75) is 6.92 Å². The van der Waals surface area contributed by atoms with Crippen molar-refractivity contribution in [1.82, 2.24) is 0 Å². The van der Waals surface area contributed by atoms with Gasteiger partial charge in [-0.1, -0.05) is 18.2 Å². The molecule has 2 aromatic carbocycles. The lowest BCUT2D eigenvalue weighted by molar-refractivity contribution is 0.333. The number of hydrogen-bond donors (Lipinski definition) is 1. The molecule has 0 saturated heterocycles. The fraction of sp³-hybridized carbons (Fsp3) is 0.200. The standard InChI is InChI=1S/C15H16FNO/c1-12-11-13(7-8-15(12)16)17-9-10-18-14-5-3-2-4-6-14/h2-8,11,17H,9-10H2,1H3. The van der Waals surface area contributed by atoms with Crippen LogP contribution in [0.15, 0.2) is 48.5 Å². The van der Waals surface area contributed by atoms with Crippen LogP contribution in [-0.2, 0) is 0 Å². The molecule has 94 valence electrons. The summed E-state index contributed by atoms with van der Waals surface area (Å²) >= 11 is 0. The van der Waals surface area contributed by atoms with Gasteiger partial charge in [-0.05, 0) is 42.8 Å². The predicted octanol–water partition coefficient (Wildman–Crippen LogP) is 3.63. The van der Waals surface area contributed by atoms with Gasteiger partial charge in [-0.2, -0.15) is 0 Å². The second-order valence-corrected chi connectivity index (χ2v) is 4.05. The van der Waals surface area contributed by atoms with Crippen molar-refractivity contribution < 1.29 is 9.13 Å². The number of anilines is 1. The molecule has 0 saturated carbocycles. The Morgan fingerprint density at radius 3 is 2.61 bits per heavy atom. The number of aryl methyl sites for hydroxylation is 1. The average Bonchev–Trinajstić information content (AvgIpc) is 2.40. The van der Waals surface area contributed by atoms with E-state index in [4.69, 9.17) is 4.74 Å². The molecule has 0 bridgehead atoms. The zero-order valence-electron chi connectivity index (χ0n) is 10.3. The molecule has 0 fully saturated rings. The molecule has 2 nitrogen and oxygen atoms in total. The normalized spacial score (nSPS) is 10.1. The minimum atomic E-state index is -0.180. The van der Waals surface area contributed by atoms with Crippen LogP contribution < -0.4 is 10.1 Å². The molecule has 0 amide bonds. The van der Waals surface area contributed by atoms with Gasteiger partial charge >= 0.3 is 0 Å². The lowest BCUT2D eigenvalue weighted by atomic mass is 10.2. The zero-order valence-corrected chi connectivity index (χ0v) is 10.3. The summed E-state index contributed by atoms with van der Waals surface area (Å²) in [6, 6.07) is 14.6. The third-order valence-corrected chi connectivity index (χ3v) is 2.60. The number of nitrogens with one attached hydrogen (secondary N) is 1. The quantitative estimate of drug-likeness (QED) is 0.812. The summed E-state index contributed by atoms with van der Waals surface area (Å²) in [6.07, 6.45) is 0. The fourth-order valence-corrected chi connectivity index (χ4v) is 1.64. The van der Waals surface area contributed by atoms with E-state index in [9.17, 15) is 4.39 Å². The molecule has 18 heavy (non-hydrogen) atoms. The summed E-state index contributed by atoms with van der Waals surface area (Å²) in [7, 11) is 0. The molecular formula is C15H16FNO. The first-order valence-corrected chi connectivity index (χ1v) is 5.93. The van der Waals surface area contributed by atoms with Crippen LogP contribution in [0.2, 0.25) is 0 Å². The fourth-order valence-electron chi connectivity index (χ4n) is 1.64. The molecule has 0 heterocycles. The van der Waals surface area contributed by atoms with Crippen LogP contribution in [-0.4, -0.2) is 13.2 Å². The Bertz CT molecular complexity index is 499. The average molecular weight is 245 g/mol. The molecule has 0 unspecified atom stereocenters. The van der Waals surface area contributed by atoms with E-state index in [2.05, 4.69) is 5.32 Å². The molecule has 1 N–H and O–H groups in total. The highest BCUT2D eigenvalue weighted by molar-refractivity contribution is 5.45. The molecular weight excluding hydrogens is 229 g/mol. The first-order chi connectivity index (χ1) is 8.75. The number of halogens is 1. The summed E-state index contributed by atoms with van der Waals surface area (Å²) in [5.41, 5.74) is 1.55. The van der Waals surface area contributed by atoms with Crippen LogP contribution >= 0.6 is 0 Å². The van der Waals surface area contributed by atoms with Crippen LogP contribution in [0.25, 0.3) is 0 Å². The van der Waals surface area contributed by atoms with Crippen molar-refractivity contribution in [3.8, 4) is 5.75 Å². The molecule has 0 radical (unpaired) electrons. The Morgan fingerprint density at radius 1 is 1.11 bits per heavy atom. The third-order valence-electron chi connectivity index (χ3n) is 2.60. The predicted molar refractivity (Wildman–Crippen MR) is 71.6 cm³/mol. The summed E-state index contributed by atoms with van der Waals surface area (Å²) < 4.78 is 18.6. The number of rotatable bonds is 5. The first-order valence-electron chi connectivity index (χ1n) is 5.93. The van der Waals surface area contributed by atoms with E-state index in [0.29, 0.717) is 18.7 Å². The number of benzene rings is 2. The van der Waals surface area contributed by atoms with Crippen molar-refractivity contribution in [1.29, 1.82) is 0 Å². The second-order valence-electron chi connectivity index (χ2n) is 4.05. The van der Waals surface area contributed by atoms with Gasteiger partial charge in [0.05, 0.1) is 0 Å². The van der Waals surface area contributed by atoms with E-state index < -0.39 is 0 Å². The molecule has 2 aromatic rings. The monoisotopic (exact) mass is 245 g/mol. The van der Waals surface area contributed by atoms with Gasteiger partial charge in [-0.15, -0.1) is 0 Å². The zero-order chi connectivity index (χ0) is 12.8. The Kier molecular flexibility index (Phi) is 4.18. The van der Waals surface area contributed by atoms with Crippen molar-refractivity contribution in [2.75, 3.05) is 18.5 Å². The smallest absolute Gasteiger partial charge is 0.126 e. The summed E-state index contributed by atoms with van der Waals surface area (Å²) in [4.78, 5) is 0. The Labute approximate surface area is 106 Å². The summed E-state index contributed by atoms with van der Waals surface area (Å²) in [5, 5.41) is 3.19. The Balaban J connectivity index is 1.77. The van der Waals surface area contributed by atoms with Gasteiger partial charge in [0.1, 0.15) is 18.2 Å².